The average Bonchev–Trinajstić information content (AvgIpc) is 2.86. The fourth-order valence-corrected chi connectivity index (χ4v) is 2.77. The van der Waals surface area contributed by atoms with Crippen molar-refractivity contribution in [3.05, 3.63) is 28.0 Å². The van der Waals surface area contributed by atoms with Gasteiger partial charge in [-0.2, -0.15) is 0 Å². The number of likely N-dealkylation sites (tertiary alicyclic amines) is 1. The highest BCUT2D eigenvalue weighted by molar-refractivity contribution is 6.41. The molecule has 1 amide bonds. The molecule has 1 aliphatic rings. The van der Waals surface area contributed by atoms with Crippen molar-refractivity contribution in [2.24, 2.45) is 0 Å². The number of pyridine rings is 1. The van der Waals surface area contributed by atoms with Crippen molar-refractivity contribution in [3.63, 3.8) is 0 Å². The standard InChI is InChI=1S/C15H21Cl2N3O2/c1-15(2,3)22-14(21)19-9-20-6-4-5-12(20)10-7-11(16)13(17)18-8-10/h7-8,12H,4-6,9H2,1-3H3,(H,19,21)/t12-/m1/s1. The lowest BCUT2D eigenvalue weighted by molar-refractivity contribution is 0.0486. The van der Waals surface area contributed by atoms with Crippen LogP contribution >= 0.6 is 23.2 Å². The van der Waals surface area contributed by atoms with E-state index in [1.165, 1.54) is 0 Å². The number of hydrogen-bond acceptors (Lipinski definition) is 4. The highest BCUT2D eigenvalue weighted by atomic mass is 35.5. The Kier molecular flexibility index (Phi) is 5.53. The molecule has 0 aliphatic carbocycles. The van der Waals surface area contributed by atoms with Crippen LogP contribution in [0.25, 0.3) is 0 Å². The van der Waals surface area contributed by atoms with E-state index < -0.39 is 11.7 Å². The van der Waals surface area contributed by atoms with Gasteiger partial charge in [-0.1, -0.05) is 23.2 Å². The van der Waals surface area contributed by atoms with Crippen molar-refractivity contribution in [2.45, 2.75) is 45.3 Å². The molecule has 0 saturated carbocycles. The minimum atomic E-state index is -0.498. The third kappa shape index (κ3) is 4.73. The summed E-state index contributed by atoms with van der Waals surface area (Å²) in [6.45, 7) is 6.85. The Morgan fingerprint density at radius 3 is 2.86 bits per heavy atom. The summed E-state index contributed by atoms with van der Waals surface area (Å²) in [5.41, 5.74) is 0.514. The number of halogens is 2. The minimum Gasteiger partial charge on any atom is -0.444 e. The van der Waals surface area contributed by atoms with Crippen LogP contribution in [-0.4, -0.2) is 34.8 Å². The Morgan fingerprint density at radius 2 is 2.23 bits per heavy atom. The van der Waals surface area contributed by atoms with E-state index in [2.05, 4.69) is 15.2 Å². The SMILES string of the molecule is CC(C)(C)OC(=O)NCN1CCC[C@@H]1c1cnc(Cl)c(Cl)c1. The first kappa shape index (κ1) is 17.3. The Balaban J connectivity index is 1.96. The molecule has 0 spiro atoms. The number of carbonyl (C=O) groups is 1. The first-order valence-electron chi connectivity index (χ1n) is 7.28. The van der Waals surface area contributed by atoms with Gasteiger partial charge in [0.2, 0.25) is 0 Å². The van der Waals surface area contributed by atoms with Gasteiger partial charge in [0.1, 0.15) is 10.8 Å². The Bertz CT molecular complexity index is 546. The van der Waals surface area contributed by atoms with Crippen LogP contribution in [0.4, 0.5) is 4.79 Å². The Labute approximate surface area is 140 Å². The summed E-state index contributed by atoms with van der Waals surface area (Å²) in [5, 5.41) is 3.55. The highest BCUT2D eigenvalue weighted by Gasteiger charge is 2.27. The van der Waals surface area contributed by atoms with Crippen LogP contribution in [0.2, 0.25) is 10.2 Å². The molecular formula is C15H21Cl2N3O2. The predicted molar refractivity (Wildman–Crippen MR) is 87.2 cm³/mol. The number of nitrogens with zero attached hydrogens (tertiary/aromatic N) is 2. The van der Waals surface area contributed by atoms with Gasteiger partial charge in [-0.15, -0.1) is 0 Å². The first-order chi connectivity index (χ1) is 10.3. The lowest BCUT2D eigenvalue weighted by atomic mass is 10.1. The number of rotatable bonds is 3. The molecule has 1 aliphatic heterocycles. The van der Waals surface area contributed by atoms with Crippen molar-refractivity contribution in [1.29, 1.82) is 0 Å². The van der Waals surface area contributed by atoms with Crippen LogP contribution in [-0.2, 0) is 4.74 Å². The van der Waals surface area contributed by atoms with Gasteiger partial charge in [0.15, 0.2) is 0 Å². The summed E-state index contributed by atoms with van der Waals surface area (Å²) >= 11 is 11.9. The molecule has 1 aromatic heterocycles. The first-order valence-corrected chi connectivity index (χ1v) is 8.04. The fraction of sp³-hybridized carbons (Fsp3) is 0.600. The molecule has 122 valence electrons. The molecule has 0 aromatic carbocycles. The zero-order chi connectivity index (χ0) is 16.3. The maximum absolute atomic E-state index is 11.7. The lowest BCUT2D eigenvalue weighted by Gasteiger charge is -2.26. The van der Waals surface area contributed by atoms with E-state index in [0.717, 1.165) is 24.9 Å². The summed E-state index contributed by atoms with van der Waals surface area (Å²) in [5.74, 6) is 0. The quantitative estimate of drug-likeness (QED) is 0.841. The molecule has 1 N–H and O–H groups in total. The van der Waals surface area contributed by atoms with Gasteiger partial charge < -0.3 is 10.1 Å². The molecule has 1 saturated heterocycles. The van der Waals surface area contributed by atoms with Crippen LogP contribution in [0.1, 0.15) is 45.2 Å². The van der Waals surface area contributed by atoms with Crippen molar-refractivity contribution >= 4 is 29.3 Å². The van der Waals surface area contributed by atoms with E-state index in [0.29, 0.717) is 16.8 Å². The van der Waals surface area contributed by atoms with E-state index >= 15 is 0 Å². The molecule has 1 fully saturated rings. The van der Waals surface area contributed by atoms with Crippen molar-refractivity contribution < 1.29 is 9.53 Å². The number of aromatic nitrogens is 1. The number of amides is 1. The van der Waals surface area contributed by atoms with Crippen LogP contribution < -0.4 is 5.32 Å². The Hall–Kier alpha value is -1.04. The number of nitrogens with one attached hydrogen (secondary N) is 1. The third-order valence-corrected chi connectivity index (χ3v) is 4.08. The van der Waals surface area contributed by atoms with Gasteiger partial charge in [-0.05, 0) is 45.2 Å². The van der Waals surface area contributed by atoms with Crippen LogP contribution in [0.5, 0.6) is 0 Å². The molecule has 0 bridgehead atoms. The Morgan fingerprint density at radius 1 is 1.50 bits per heavy atom. The van der Waals surface area contributed by atoms with Gasteiger partial charge in [-0.3, -0.25) is 4.90 Å². The van der Waals surface area contributed by atoms with Gasteiger partial charge >= 0.3 is 6.09 Å². The molecule has 2 rings (SSSR count). The maximum atomic E-state index is 11.7. The second-order valence-corrected chi connectivity index (χ2v) is 7.11. The second kappa shape index (κ2) is 7.02. The molecule has 1 aromatic rings. The smallest absolute Gasteiger partial charge is 0.408 e. The van der Waals surface area contributed by atoms with Gasteiger partial charge in [0.05, 0.1) is 11.7 Å². The highest BCUT2D eigenvalue weighted by Crippen LogP contribution is 2.33. The van der Waals surface area contributed by atoms with Gasteiger partial charge in [-0.25, -0.2) is 9.78 Å². The topological polar surface area (TPSA) is 54.5 Å². The number of ether oxygens (including phenoxy) is 1. The molecule has 2 heterocycles. The average molecular weight is 346 g/mol. The van der Waals surface area contributed by atoms with Crippen molar-refractivity contribution in [2.75, 3.05) is 13.2 Å². The van der Waals surface area contributed by atoms with Crippen LogP contribution in [0.3, 0.4) is 0 Å². The van der Waals surface area contributed by atoms with Crippen LogP contribution in [0.15, 0.2) is 12.3 Å². The summed E-state index contributed by atoms with van der Waals surface area (Å²) in [7, 11) is 0. The molecule has 7 heteroatoms. The van der Waals surface area contributed by atoms with E-state index in [4.69, 9.17) is 27.9 Å². The fourth-order valence-electron chi connectivity index (χ4n) is 2.49. The minimum absolute atomic E-state index is 0.178. The third-order valence-electron chi connectivity index (χ3n) is 3.39. The molecule has 22 heavy (non-hydrogen) atoms. The van der Waals surface area contributed by atoms with Gasteiger partial charge in [0.25, 0.3) is 0 Å². The van der Waals surface area contributed by atoms with E-state index in [1.807, 2.05) is 26.8 Å². The lowest BCUT2D eigenvalue weighted by Crippen LogP contribution is -2.40. The largest absolute Gasteiger partial charge is 0.444 e. The van der Waals surface area contributed by atoms with Crippen molar-refractivity contribution in [1.82, 2.24) is 15.2 Å². The molecule has 0 radical (unpaired) electrons. The molecule has 5 nitrogen and oxygen atoms in total. The monoisotopic (exact) mass is 345 g/mol. The number of alkyl carbamates (subject to hydrolysis) is 1. The summed E-state index contributed by atoms with van der Waals surface area (Å²) in [6.07, 6.45) is 3.38. The molecule has 0 unspecified atom stereocenters. The predicted octanol–water partition coefficient (Wildman–Crippen LogP) is 4.01. The van der Waals surface area contributed by atoms with Gasteiger partial charge in [0, 0.05) is 18.8 Å². The zero-order valence-corrected chi connectivity index (χ0v) is 14.5. The number of carbonyl (C=O) groups excluding carboxylic acids is 1. The maximum Gasteiger partial charge on any atom is 0.408 e. The zero-order valence-electron chi connectivity index (χ0n) is 13.0. The number of hydrogen-bond donors (Lipinski definition) is 1. The summed E-state index contributed by atoms with van der Waals surface area (Å²) in [4.78, 5) is 18.0. The molecular weight excluding hydrogens is 325 g/mol. The normalized spacial score (nSPS) is 19.2. The summed E-state index contributed by atoms with van der Waals surface area (Å²) in [6, 6.07) is 2.02. The van der Waals surface area contributed by atoms with E-state index in [1.54, 1.807) is 6.20 Å². The second-order valence-electron chi connectivity index (χ2n) is 6.35. The molecule has 1 atom stereocenters. The summed E-state index contributed by atoms with van der Waals surface area (Å²) < 4.78 is 5.25. The van der Waals surface area contributed by atoms with E-state index in [9.17, 15) is 4.79 Å². The van der Waals surface area contributed by atoms with Crippen LogP contribution in [0, 0.1) is 0 Å². The van der Waals surface area contributed by atoms with E-state index in [-0.39, 0.29) is 6.04 Å². The van der Waals surface area contributed by atoms with Crippen molar-refractivity contribution in [3.8, 4) is 0 Å².